The van der Waals surface area contributed by atoms with Crippen LogP contribution in [0.3, 0.4) is 0 Å². The van der Waals surface area contributed by atoms with Gasteiger partial charge in [0, 0.05) is 10.6 Å². The summed E-state index contributed by atoms with van der Waals surface area (Å²) in [5, 5.41) is 14.5. The van der Waals surface area contributed by atoms with Crippen molar-refractivity contribution >= 4 is 54.8 Å². The predicted molar refractivity (Wildman–Crippen MR) is 89.6 cm³/mol. The normalized spacial score (nSPS) is 11.0. The molecule has 1 aromatic carbocycles. The molecule has 108 valence electrons. The maximum absolute atomic E-state index is 12.1. The molecule has 0 bridgehead atoms. The van der Waals surface area contributed by atoms with E-state index in [1.807, 2.05) is 6.07 Å². The number of halogens is 3. The smallest absolute Gasteiger partial charge is 0.348 e. The van der Waals surface area contributed by atoms with Crippen LogP contribution in [0.2, 0.25) is 5.02 Å². The second-order valence-electron chi connectivity index (χ2n) is 4.06. The summed E-state index contributed by atoms with van der Waals surface area (Å²) in [7, 11) is 0. The number of phenols is 1. The summed E-state index contributed by atoms with van der Waals surface area (Å²) in [4.78, 5) is 14.7. The highest BCUT2D eigenvalue weighted by atomic mass is 79.9. The second-order valence-corrected chi connectivity index (χ2v) is 8.25. The molecule has 0 amide bonds. The van der Waals surface area contributed by atoms with E-state index in [9.17, 15) is 9.90 Å². The average Bonchev–Trinajstić information content (AvgIpc) is 2.95. The number of benzene rings is 1. The van der Waals surface area contributed by atoms with Crippen molar-refractivity contribution < 1.29 is 5.11 Å². The van der Waals surface area contributed by atoms with Crippen LogP contribution in [0.4, 0.5) is 0 Å². The van der Waals surface area contributed by atoms with E-state index >= 15 is 0 Å². The van der Waals surface area contributed by atoms with Crippen molar-refractivity contribution in [3.63, 3.8) is 0 Å². The van der Waals surface area contributed by atoms with Crippen molar-refractivity contribution in [2.45, 2.75) is 0 Å². The minimum absolute atomic E-state index is 0.0786. The third kappa shape index (κ3) is 2.80. The van der Waals surface area contributed by atoms with Crippen LogP contribution >= 0.6 is 54.8 Å². The lowest BCUT2D eigenvalue weighted by Crippen LogP contribution is -2.16. The second kappa shape index (κ2) is 5.60. The Morgan fingerprint density at radius 1 is 1.33 bits per heavy atom. The first kappa shape index (κ1) is 14.8. The molecule has 0 saturated carbocycles. The number of hydrogen-bond donors (Lipinski definition) is 2. The Bertz CT molecular complexity index is 887. The van der Waals surface area contributed by atoms with E-state index < -0.39 is 5.69 Å². The Morgan fingerprint density at radius 2 is 2.10 bits per heavy atom. The van der Waals surface area contributed by atoms with Gasteiger partial charge in [-0.1, -0.05) is 11.6 Å². The molecule has 2 heterocycles. The van der Waals surface area contributed by atoms with E-state index in [4.69, 9.17) is 11.6 Å². The molecule has 0 aliphatic rings. The van der Waals surface area contributed by atoms with E-state index in [0.29, 0.717) is 10.8 Å². The van der Waals surface area contributed by atoms with Crippen LogP contribution in [0.1, 0.15) is 0 Å². The highest BCUT2D eigenvalue weighted by molar-refractivity contribution is 9.12. The number of aromatic nitrogens is 3. The fourth-order valence-corrected chi connectivity index (χ4v) is 4.75. The van der Waals surface area contributed by atoms with Gasteiger partial charge in [0.05, 0.1) is 7.57 Å². The zero-order chi connectivity index (χ0) is 15.1. The fraction of sp³-hybridized carbons (Fsp3) is 0. The number of H-pyrrole nitrogens is 1. The largest absolute Gasteiger partial charge is 0.506 e. The van der Waals surface area contributed by atoms with Crippen LogP contribution in [-0.2, 0) is 0 Å². The Balaban J connectivity index is 2.16. The van der Waals surface area contributed by atoms with Crippen LogP contribution in [-0.4, -0.2) is 19.9 Å². The van der Waals surface area contributed by atoms with Crippen molar-refractivity contribution in [1.29, 1.82) is 0 Å². The molecule has 0 unspecified atom stereocenters. The SMILES string of the molecule is O=c1[nH]c(-c2cc(Br)sc2Br)nn1-c1cc(Cl)ccc1O. The van der Waals surface area contributed by atoms with Crippen LogP contribution in [0, 0.1) is 0 Å². The number of hydrogen-bond acceptors (Lipinski definition) is 4. The minimum Gasteiger partial charge on any atom is -0.506 e. The van der Waals surface area contributed by atoms with Gasteiger partial charge >= 0.3 is 5.69 Å². The van der Waals surface area contributed by atoms with Crippen LogP contribution in [0.5, 0.6) is 5.75 Å². The zero-order valence-corrected chi connectivity index (χ0v) is 14.8. The van der Waals surface area contributed by atoms with Crippen molar-refractivity contribution in [1.82, 2.24) is 14.8 Å². The van der Waals surface area contributed by atoms with Crippen LogP contribution < -0.4 is 5.69 Å². The van der Waals surface area contributed by atoms with Gasteiger partial charge in [0.2, 0.25) is 0 Å². The van der Waals surface area contributed by atoms with Gasteiger partial charge in [-0.05, 0) is 56.1 Å². The summed E-state index contributed by atoms with van der Waals surface area (Å²) >= 11 is 14.2. The predicted octanol–water partition coefficient (Wildman–Crippen LogP) is 4.17. The first-order valence-electron chi connectivity index (χ1n) is 5.59. The van der Waals surface area contributed by atoms with E-state index in [1.165, 1.54) is 29.5 Å². The molecule has 0 saturated heterocycles. The number of thiophene rings is 1. The quantitative estimate of drug-likeness (QED) is 0.614. The molecular formula is C12H6Br2ClN3O2S. The number of nitrogens with one attached hydrogen (secondary N) is 1. The molecule has 2 N–H and O–H groups in total. The van der Waals surface area contributed by atoms with Gasteiger partial charge in [0.15, 0.2) is 5.82 Å². The molecule has 0 radical (unpaired) electrons. The average molecular weight is 452 g/mol. The molecule has 9 heteroatoms. The van der Waals surface area contributed by atoms with E-state index in [1.54, 1.807) is 0 Å². The molecule has 0 aliphatic heterocycles. The Labute approximate surface area is 144 Å². The van der Waals surface area contributed by atoms with E-state index in [0.717, 1.165) is 17.8 Å². The fourth-order valence-electron chi connectivity index (χ4n) is 1.78. The Kier molecular flexibility index (Phi) is 3.96. The molecule has 0 atom stereocenters. The zero-order valence-electron chi connectivity index (χ0n) is 10.1. The summed E-state index contributed by atoms with van der Waals surface area (Å²) < 4.78 is 2.82. The summed E-state index contributed by atoms with van der Waals surface area (Å²) in [6.07, 6.45) is 0. The lowest BCUT2D eigenvalue weighted by atomic mass is 10.3. The summed E-state index contributed by atoms with van der Waals surface area (Å²) in [6, 6.07) is 6.26. The first-order chi connectivity index (χ1) is 9.95. The summed E-state index contributed by atoms with van der Waals surface area (Å²) in [5.41, 5.74) is 0.515. The molecule has 21 heavy (non-hydrogen) atoms. The lowest BCUT2D eigenvalue weighted by Gasteiger charge is -2.02. The summed E-state index contributed by atoms with van der Waals surface area (Å²) in [5.74, 6) is 0.318. The van der Waals surface area contributed by atoms with Gasteiger partial charge in [-0.25, -0.2) is 4.79 Å². The van der Waals surface area contributed by atoms with Crippen molar-refractivity contribution in [3.05, 3.63) is 47.3 Å². The van der Waals surface area contributed by atoms with Crippen molar-refractivity contribution in [2.75, 3.05) is 0 Å². The third-order valence-electron chi connectivity index (χ3n) is 2.70. The van der Waals surface area contributed by atoms with Gasteiger partial charge < -0.3 is 5.11 Å². The number of rotatable bonds is 2. The number of aromatic hydroxyl groups is 1. The van der Waals surface area contributed by atoms with Gasteiger partial charge in [0.1, 0.15) is 11.4 Å². The van der Waals surface area contributed by atoms with E-state index in [2.05, 4.69) is 41.9 Å². The maximum atomic E-state index is 12.1. The highest BCUT2D eigenvalue weighted by Crippen LogP contribution is 2.37. The standard InChI is InChI=1S/C12H6Br2ClN3O2S/c13-9-4-6(10(14)21-9)11-16-12(20)18(17-11)7-3-5(15)1-2-8(7)19/h1-4,19H,(H,16,17,20). The molecule has 0 aliphatic carbocycles. The van der Waals surface area contributed by atoms with Crippen molar-refractivity contribution in [2.24, 2.45) is 0 Å². The summed E-state index contributed by atoms with van der Waals surface area (Å²) in [6.45, 7) is 0. The highest BCUT2D eigenvalue weighted by Gasteiger charge is 2.16. The Hall–Kier alpha value is -1.09. The van der Waals surface area contributed by atoms with Crippen LogP contribution in [0.25, 0.3) is 17.1 Å². The minimum atomic E-state index is -0.461. The lowest BCUT2D eigenvalue weighted by molar-refractivity contribution is 0.470. The van der Waals surface area contributed by atoms with E-state index in [-0.39, 0.29) is 11.4 Å². The van der Waals surface area contributed by atoms with Gasteiger partial charge in [-0.3, -0.25) is 4.98 Å². The van der Waals surface area contributed by atoms with Gasteiger partial charge in [-0.15, -0.1) is 16.4 Å². The molecule has 5 nitrogen and oxygen atoms in total. The molecule has 0 fully saturated rings. The van der Waals surface area contributed by atoms with Gasteiger partial charge in [0.25, 0.3) is 0 Å². The molecular weight excluding hydrogens is 445 g/mol. The molecule has 3 rings (SSSR count). The monoisotopic (exact) mass is 449 g/mol. The number of aromatic amines is 1. The Morgan fingerprint density at radius 3 is 2.76 bits per heavy atom. The molecule has 3 aromatic rings. The van der Waals surface area contributed by atoms with Crippen molar-refractivity contribution in [3.8, 4) is 22.8 Å². The number of phenolic OH excluding ortho intramolecular Hbond substituents is 1. The molecule has 2 aromatic heterocycles. The molecule has 0 spiro atoms. The van der Waals surface area contributed by atoms with Gasteiger partial charge in [-0.2, -0.15) is 4.68 Å². The first-order valence-corrected chi connectivity index (χ1v) is 8.37. The maximum Gasteiger partial charge on any atom is 0.348 e. The van der Waals surface area contributed by atoms with Crippen LogP contribution in [0.15, 0.2) is 36.6 Å². The topological polar surface area (TPSA) is 70.9 Å². The number of nitrogens with zero attached hydrogens (tertiary/aromatic N) is 2. The third-order valence-corrected chi connectivity index (χ3v) is 5.27.